The number of hydrogen-bond acceptors (Lipinski definition) is 4. The maximum absolute atomic E-state index is 13.3. The Kier molecular flexibility index (Phi) is 9.92. The van der Waals surface area contributed by atoms with Gasteiger partial charge in [0.1, 0.15) is 17.4 Å². The van der Waals surface area contributed by atoms with Gasteiger partial charge >= 0.3 is 0 Å². The summed E-state index contributed by atoms with van der Waals surface area (Å²) in [5, 5.41) is 4.20. The summed E-state index contributed by atoms with van der Waals surface area (Å²) >= 11 is 0. The first-order valence-corrected chi connectivity index (χ1v) is 12.5. The number of carbonyl (C=O) groups is 2. The van der Waals surface area contributed by atoms with Crippen molar-refractivity contribution >= 4 is 35.0 Å². The van der Waals surface area contributed by atoms with Crippen LogP contribution in [0.5, 0.6) is 5.75 Å². The van der Waals surface area contributed by atoms with Crippen molar-refractivity contribution in [1.82, 2.24) is 20.3 Å². The third-order valence-corrected chi connectivity index (χ3v) is 6.53. The molecule has 196 valence electrons. The Bertz CT molecular complexity index is 1330. The minimum Gasteiger partial charge on any atom is -0.497 e. The average Bonchev–Trinajstić information content (AvgIpc) is 3.48. The largest absolute Gasteiger partial charge is 0.497 e. The Balaban J connectivity index is 0.00000380. The fourth-order valence-electron chi connectivity index (χ4n) is 4.58. The minimum absolute atomic E-state index is 0. The van der Waals surface area contributed by atoms with E-state index < -0.39 is 0 Å². The maximum Gasteiger partial charge on any atom is 0.225 e. The van der Waals surface area contributed by atoms with Crippen LogP contribution in [0.3, 0.4) is 0 Å². The first kappa shape index (κ1) is 28.0. The molecule has 0 aliphatic heterocycles. The molecule has 0 aliphatic carbocycles. The predicted octanol–water partition coefficient (Wildman–Crippen LogP) is 6.24. The SMILES string of the molecule is COc1ccc2[nH]c(C)c(CC(=O)N[C@H](CCCCCC(C)=O)c3ncc(-c4ccccc4)[nH]3)c2c1.Cl. The molecule has 0 bridgehead atoms. The normalized spacial score (nSPS) is 11.6. The van der Waals surface area contributed by atoms with Gasteiger partial charge in [-0.1, -0.05) is 43.2 Å². The van der Waals surface area contributed by atoms with Crippen LogP contribution < -0.4 is 10.1 Å². The molecule has 2 heterocycles. The van der Waals surface area contributed by atoms with Gasteiger partial charge in [-0.2, -0.15) is 0 Å². The number of ether oxygens (including phenoxy) is 1. The quantitative estimate of drug-likeness (QED) is 0.192. The number of H-pyrrole nitrogens is 2. The van der Waals surface area contributed by atoms with Crippen LogP contribution in [0.2, 0.25) is 0 Å². The van der Waals surface area contributed by atoms with E-state index in [-0.39, 0.29) is 36.6 Å². The molecule has 8 heteroatoms. The number of unbranched alkanes of at least 4 members (excludes halogenated alkanes) is 2. The molecule has 4 aromatic rings. The minimum atomic E-state index is -0.243. The van der Waals surface area contributed by atoms with Gasteiger partial charge in [0.25, 0.3) is 0 Å². The van der Waals surface area contributed by atoms with Crippen LogP contribution in [0, 0.1) is 6.92 Å². The summed E-state index contributed by atoms with van der Waals surface area (Å²) in [6, 6.07) is 15.6. The number of Topliss-reactive ketones (excluding diaryl/α,β-unsaturated/α-hetero) is 1. The van der Waals surface area contributed by atoms with Gasteiger partial charge in [-0.25, -0.2) is 4.98 Å². The van der Waals surface area contributed by atoms with Crippen LogP contribution in [0.1, 0.15) is 62.2 Å². The predicted molar refractivity (Wildman–Crippen MR) is 149 cm³/mol. The molecule has 0 unspecified atom stereocenters. The molecule has 3 N–H and O–H groups in total. The molecule has 7 nitrogen and oxygen atoms in total. The van der Waals surface area contributed by atoms with E-state index >= 15 is 0 Å². The number of fused-ring (bicyclic) bond motifs is 1. The summed E-state index contributed by atoms with van der Waals surface area (Å²) in [5.74, 6) is 1.65. The summed E-state index contributed by atoms with van der Waals surface area (Å²) in [4.78, 5) is 35.9. The van der Waals surface area contributed by atoms with Crippen LogP contribution in [-0.4, -0.2) is 33.8 Å². The highest BCUT2D eigenvalue weighted by Crippen LogP contribution is 2.28. The van der Waals surface area contributed by atoms with Crippen LogP contribution in [-0.2, 0) is 16.0 Å². The van der Waals surface area contributed by atoms with E-state index in [4.69, 9.17) is 4.74 Å². The van der Waals surface area contributed by atoms with Gasteiger partial charge in [-0.05, 0) is 56.0 Å². The molecule has 0 saturated heterocycles. The van der Waals surface area contributed by atoms with E-state index in [1.165, 1.54) is 0 Å². The third-order valence-electron chi connectivity index (χ3n) is 6.53. The summed E-state index contributed by atoms with van der Waals surface area (Å²) in [7, 11) is 1.64. The van der Waals surface area contributed by atoms with Gasteiger partial charge < -0.3 is 24.8 Å². The van der Waals surface area contributed by atoms with Crippen molar-refractivity contribution in [3.8, 4) is 17.0 Å². The summed E-state index contributed by atoms with van der Waals surface area (Å²) in [6.07, 6.45) is 6.09. The van der Waals surface area contributed by atoms with Crippen LogP contribution in [0.15, 0.2) is 54.7 Å². The van der Waals surface area contributed by atoms with E-state index in [2.05, 4.69) is 20.3 Å². The number of methoxy groups -OCH3 is 1. The number of halogens is 1. The molecule has 2 aromatic carbocycles. The summed E-state index contributed by atoms with van der Waals surface area (Å²) in [5.41, 5.74) is 4.88. The number of benzene rings is 2. The lowest BCUT2D eigenvalue weighted by molar-refractivity contribution is -0.121. The number of amides is 1. The van der Waals surface area contributed by atoms with Crippen LogP contribution in [0.25, 0.3) is 22.2 Å². The maximum atomic E-state index is 13.3. The molecule has 1 atom stereocenters. The Labute approximate surface area is 223 Å². The van der Waals surface area contributed by atoms with Gasteiger partial charge in [0.15, 0.2) is 0 Å². The second-order valence-corrected chi connectivity index (χ2v) is 9.29. The molecular formula is C29H35ClN4O3. The number of hydrogen-bond donors (Lipinski definition) is 3. The average molecular weight is 523 g/mol. The lowest BCUT2D eigenvalue weighted by atomic mass is 10.0. The highest BCUT2D eigenvalue weighted by molar-refractivity contribution is 5.91. The molecule has 0 fully saturated rings. The Morgan fingerprint density at radius 2 is 1.84 bits per heavy atom. The fourth-order valence-corrected chi connectivity index (χ4v) is 4.58. The number of aromatic amines is 2. The highest BCUT2D eigenvalue weighted by Gasteiger charge is 2.20. The molecule has 0 spiro atoms. The van der Waals surface area contributed by atoms with Crippen LogP contribution in [0.4, 0.5) is 0 Å². The van der Waals surface area contributed by atoms with Crippen molar-refractivity contribution in [3.05, 3.63) is 71.8 Å². The summed E-state index contributed by atoms with van der Waals surface area (Å²) in [6.45, 7) is 3.61. The molecule has 0 radical (unpaired) electrons. The number of nitrogens with zero attached hydrogens (tertiary/aromatic N) is 1. The number of carbonyl (C=O) groups excluding carboxylic acids is 2. The molecule has 0 saturated carbocycles. The topological polar surface area (TPSA) is 99.9 Å². The monoisotopic (exact) mass is 522 g/mol. The van der Waals surface area contributed by atoms with Gasteiger partial charge in [0, 0.05) is 23.0 Å². The fraction of sp³-hybridized carbons (Fsp3) is 0.345. The van der Waals surface area contributed by atoms with Gasteiger partial charge in [0.2, 0.25) is 5.91 Å². The lowest BCUT2D eigenvalue weighted by Crippen LogP contribution is -2.30. The van der Waals surface area contributed by atoms with Gasteiger partial charge in [0.05, 0.1) is 31.5 Å². The smallest absolute Gasteiger partial charge is 0.225 e. The molecule has 37 heavy (non-hydrogen) atoms. The van der Waals surface area contributed by atoms with Crippen molar-refractivity contribution in [2.24, 2.45) is 0 Å². The number of ketones is 1. The Morgan fingerprint density at radius 1 is 1.05 bits per heavy atom. The Hall–Kier alpha value is -3.58. The van der Waals surface area contributed by atoms with Crippen molar-refractivity contribution in [2.45, 2.75) is 58.4 Å². The van der Waals surface area contributed by atoms with Gasteiger partial charge in [-0.15, -0.1) is 12.4 Å². The van der Waals surface area contributed by atoms with E-state index in [0.717, 1.165) is 70.7 Å². The van der Waals surface area contributed by atoms with Crippen molar-refractivity contribution in [3.63, 3.8) is 0 Å². The number of aryl methyl sites for hydroxylation is 1. The van der Waals surface area contributed by atoms with E-state index in [1.54, 1.807) is 14.0 Å². The first-order valence-electron chi connectivity index (χ1n) is 12.5. The third kappa shape index (κ3) is 7.23. The van der Waals surface area contributed by atoms with Crippen molar-refractivity contribution in [2.75, 3.05) is 7.11 Å². The Morgan fingerprint density at radius 3 is 2.57 bits per heavy atom. The van der Waals surface area contributed by atoms with E-state index in [0.29, 0.717) is 6.42 Å². The highest BCUT2D eigenvalue weighted by atomic mass is 35.5. The number of rotatable bonds is 12. The zero-order valence-electron chi connectivity index (χ0n) is 21.6. The van der Waals surface area contributed by atoms with E-state index in [9.17, 15) is 9.59 Å². The van der Waals surface area contributed by atoms with Crippen molar-refractivity contribution in [1.29, 1.82) is 0 Å². The summed E-state index contributed by atoms with van der Waals surface area (Å²) < 4.78 is 5.38. The standard InChI is InChI=1S/C29H34N4O3.ClH/c1-19(34)10-6-4-9-13-26(29-30-18-27(33-29)21-11-7-5-8-12-21)32-28(35)17-23-20(2)31-25-15-14-22(36-3)16-24(23)25;/h5,7-8,11-12,14-16,18,26,31H,4,6,9-10,13,17H2,1-3H3,(H,30,33)(H,32,35);1H/t26-;/m1./s1. The molecular weight excluding hydrogens is 488 g/mol. The molecule has 1 amide bonds. The van der Waals surface area contributed by atoms with Gasteiger partial charge in [-0.3, -0.25) is 4.79 Å². The first-order chi connectivity index (χ1) is 17.4. The molecule has 0 aliphatic rings. The number of aromatic nitrogens is 3. The van der Waals surface area contributed by atoms with E-state index in [1.807, 2.05) is 61.7 Å². The van der Waals surface area contributed by atoms with Crippen molar-refractivity contribution < 1.29 is 14.3 Å². The molecule has 4 rings (SSSR count). The van der Waals surface area contributed by atoms with Crippen LogP contribution >= 0.6 is 12.4 Å². The second kappa shape index (κ2) is 13.1. The number of imidazole rings is 1. The zero-order chi connectivity index (χ0) is 25.5. The lowest BCUT2D eigenvalue weighted by Gasteiger charge is -2.17. The number of nitrogens with one attached hydrogen (secondary N) is 3. The zero-order valence-corrected chi connectivity index (χ0v) is 22.4. The second-order valence-electron chi connectivity index (χ2n) is 9.29. The molecule has 2 aromatic heterocycles.